The number of anilines is 1. The van der Waals surface area contributed by atoms with E-state index in [0.29, 0.717) is 17.8 Å². The Morgan fingerprint density at radius 1 is 1.09 bits per heavy atom. The summed E-state index contributed by atoms with van der Waals surface area (Å²) in [6.07, 6.45) is 1.48. The maximum atomic E-state index is 13.3. The van der Waals surface area contributed by atoms with Crippen molar-refractivity contribution in [1.82, 2.24) is 10.2 Å². The summed E-state index contributed by atoms with van der Waals surface area (Å²) < 4.78 is 39.6. The Hall–Kier alpha value is -2.94. The number of nitrogens with zero attached hydrogens (tertiary/aromatic N) is 2. The van der Waals surface area contributed by atoms with Gasteiger partial charge in [0.2, 0.25) is 21.8 Å². The molecule has 0 heterocycles. The molecule has 186 valence electrons. The van der Waals surface area contributed by atoms with Gasteiger partial charge >= 0.3 is 0 Å². The van der Waals surface area contributed by atoms with Gasteiger partial charge in [-0.25, -0.2) is 12.8 Å². The van der Waals surface area contributed by atoms with Crippen LogP contribution < -0.4 is 9.62 Å². The van der Waals surface area contributed by atoms with E-state index in [2.05, 4.69) is 5.32 Å². The van der Waals surface area contributed by atoms with Crippen molar-refractivity contribution in [2.75, 3.05) is 23.7 Å². The van der Waals surface area contributed by atoms with Crippen LogP contribution in [0.2, 0.25) is 0 Å². The Labute approximate surface area is 202 Å². The first-order chi connectivity index (χ1) is 16.0. The molecule has 0 saturated carbocycles. The Morgan fingerprint density at radius 2 is 1.74 bits per heavy atom. The molecule has 2 aromatic rings. The first-order valence-electron chi connectivity index (χ1n) is 11.3. The van der Waals surface area contributed by atoms with Crippen molar-refractivity contribution in [1.29, 1.82) is 0 Å². The van der Waals surface area contributed by atoms with Gasteiger partial charge in [0.05, 0.1) is 11.9 Å². The number of likely N-dealkylation sites (N-methyl/N-ethyl adjacent to an activating group) is 1. The van der Waals surface area contributed by atoms with Crippen LogP contribution in [0, 0.1) is 19.7 Å². The number of rotatable bonds is 11. The van der Waals surface area contributed by atoms with Gasteiger partial charge in [0.1, 0.15) is 11.9 Å². The topological polar surface area (TPSA) is 86.8 Å². The third-order valence-corrected chi connectivity index (χ3v) is 6.96. The molecule has 1 atom stereocenters. The molecule has 2 amide bonds. The van der Waals surface area contributed by atoms with E-state index >= 15 is 0 Å². The first kappa shape index (κ1) is 27.3. The quantitative estimate of drug-likeness (QED) is 0.521. The van der Waals surface area contributed by atoms with Crippen LogP contribution in [0.25, 0.3) is 0 Å². The minimum Gasteiger partial charge on any atom is -0.355 e. The van der Waals surface area contributed by atoms with Gasteiger partial charge in [-0.05, 0) is 69.0 Å². The number of carbonyl (C=O) groups is 2. The number of nitrogens with one attached hydrogen (secondary N) is 1. The number of benzene rings is 2. The summed E-state index contributed by atoms with van der Waals surface area (Å²) in [6, 6.07) is 10.5. The number of halogens is 1. The molecule has 0 aliphatic heterocycles. The summed E-state index contributed by atoms with van der Waals surface area (Å²) in [5.41, 5.74) is 3.12. The second-order valence-corrected chi connectivity index (χ2v) is 10.3. The van der Waals surface area contributed by atoms with E-state index in [-0.39, 0.29) is 43.6 Å². The lowest BCUT2D eigenvalue weighted by molar-refractivity contribution is -0.140. The van der Waals surface area contributed by atoms with Gasteiger partial charge in [0.15, 0.2) is 0 Å². The summed E-state index contributed by atoms with van der Waals surface area (Å²) >= 11 is 0. The third kappa shape index (κ3) is 7.28. The predicted octanol–water partition coefficient (Wildman–Crippen LogP) is 3.54. The largest absolute Gasteiger partial charge is 0.355 e. The first-order valence-corrected chi connectivity index (χ1v) is 13.2. The third-order valence-electron chi connectivity index (χ3n) is 5.78. The summed E-state index contributed by atoms with van der Waals surface area (Å²) in [5.74, 6) is -0.950. The highest BCUT2D eigenvalue weighted by atomic mass is 32.2. The van der Waals surface area contributed by atoms with Crippen molar-refractivity contribution in [3.8, 4) is 0 Å². The minimum absolute atomic E-state index is 0.0574. The normalized spacial score (nSPS) is 12.2. The molecule has 0 aliphatic rings. The van der Waals surface area contributed by atoms with Crippen LogP contribution in [0.15, 0.2) is 42.5 Å². The van der Waals surface area contributed by atoms with Gasteiger partial charge in [0, 0.05) is 26.1 Å². The molecule has 0 aromatic heterocycles. The molecule has 0 radical (unpaired) electrons. The van der Waals surface area contributed by atoms with Gasteiger partial charge in [-0.3, -0.25) is 13.9 Å². The molecular formula is C25H34FN3O4S. The number of amides is 2. The molecule has 1 N–H and O–H groups in total. The SMILES string of the molecule is CCNC(=O)C(C)N(Cc1ccc(F)cc1)C(=O)CCCN(c1cccc(C)c1C)S(C)(=O)=O. The molecule has 34 heavy (non-hydrogen) atoms. The molecular weight excluding hydrogens is 457 g/mol. The van der Waals surface area contributed by atoms with Crippen molar-refractivity contribution in [2.45, 2.75) is 53.1 Å². The summed E-state index contributed by atoms with van der Waals surface area (Å²) in [6.45, 7) is 7.93. The smallest absolute Gasteiger partial charge is 0.242 e. The standard InChI is InChI=1S/C25H34FN3O4S/c1-6-27-25(31)20(4)28(17-21-12-14-22(26)15-13-21)24(30)11-8-16-29(34(5,32)33)23-10-7-9-18(2)19(23)3/h7,9-10,12-15,20H,6,8,11,16-17H2,1-5H3,(H,27,31). The molecule has 0 fully saturated rings. The van der Waals surface area contributed by atoms with Gasteiger partial charge in [-0.15, -0.1) is 0 Å². The molecule has 0 aliphatic carbocycles. The zero-order valence-corrected chi connectivity index (χ0v) is 21.3. The van der Waals surface area contributed by atoms with Crippen LogP contribution in [0.4, 0.5) is 10.1 Å². The van der Waals surface area contributed by atoms with Crippen LogP contribution in [0.1, 0.15) is 43.4 Å². The molecule has 0 bridgehead atoms. The second-order valence-electron chi connectivity index (χ2n) is 8.38. The van der Waals surface area contributed by atoms with E-state index in [4.69, 9.17) is 0 Å². The van der Waals surface area contributed by atoms with E-state index in [0.717, 1.165) is 17.4 Å². The Bertz CT molecular complexity index is 1100. The molecule has 2 rings (SSSR count). The minimum atomic E-state index is -3.56. The lowest BCUT2D eigenvalue weighted by Crippen LogP contribution is -2.47. The number of aryl methyl sites for hydroxylation is 1. The van der Waals surface area contributed by atoms with Crippen LogP contribution >= 0.6 is 0 Å². The average Bonchev–Trinajstić information content (AvgIpc) is 2.77. The monoisotopic (exact) mass is 491 g/mol. The van der Waals surface area contributed by atoms with E-state index in [1.807, 2.05) is 19.9 Å². The van der Waals surface area contributed by atoms with Crippen molar-refractivity contribution in [3.63, 3.8) is 0 Å². The molecule has 0 saturated heterocycles. The lowest BCUT2D eigenvalue weighted by atomic mass is 10.1. The lowest BCUT2D eigenvalue weighted by Gasteiger charge is -2.29. The fourth-order valence-corrected chi connectivity index (χ4v) is 4.70. The molecule has 0 spiro atoms. The molecule has 9 heteroatoms. The number of hydrogen-bond acceptors (Lipinski definition) is 4. The number of sulfonamides is 1. The van der Waals surface area contributed by atoms with E-state index in [1.54, 1.807) is 38.1 Å². The van der Waals surface area contributed by atoms with Crippen LogP contribution in [0.5, 0.6) is 0 Å². The van der Waals surface area contributed by atoms with E-state index < -0.39 is 16.1 Å². The highest BCUT2D eigenvalue weighted by Crippen LogP contribution is 2.25. The number of carbonyl (C=O) groups excluding carboxylic acids is 2. The predicted molar refractivity (Wildman–Crippen MR) is 132 cm³/mol. The van der Waals surface area contributed by atoms with E-state index in [9.17, 15) is 22.4 Å². The van der Waals surface area contributed by atoms with Gasteiger partial charge < -0.3 is 10.2 Å². The van der Waals surface area contributed by atoms with Crippen molar-refractivity contribution in [3.05, 3.63) is 65.0 Å². The van der Waals surface area contributed by atoms with Gasteiger partial charge in [-0.1, -0.05) is 24.3 Å². The van der Waals surface area contributed by atoms with E-state index in [1.165, 1.54) is 21.3 Å². The summed E-state index contributed by atoms with van der Waals surface area (Å²) in [7, 11) is -3.56. The van der Waals surface area contributed by atoms with Crippen molar-refractivity contribution >= 4 is 27.5 Å². The number of hydrogen-bond donors (Lipinski definition) is 1. The fraction of sp³-hybridized carbons (Fsp3) is 0.440. The Balaban J connectivity index is 2.18. The van der Waals surface area contributed by atoms with Crippen LogP contribution in [-0.4, -0.2) is 50.5 Å². The highest BCUT2D eigenvalue weighted by molar-refractivity contribution is 7.92. The molecule has 1 unspecified atom stereocenters. The fourth-order valence-electron chi connectivity index (χ4n) is 3.68. The molecule has 7 nitrogen and oxygen atoms in total. The summed E-state index contributed by atoms with van der Waals surface area (Å²) in [5, 5.41) is 2.72. The van der Waals surface area contributed by atoms with Crippen LogP contribution in [-0.2, 0) is 26.2 Å². The maximum Gasteiger partial charge on any atom is 0.242 e. The van der Waals surface area contributed by atoms with Gasteiger partial charge in [0.25, 0.3) is 0 Å². The average molecular weight is 492 g/mol. The van der Waals surface area contributed by atoms with Gasteiger partial charge in [-0.2, -0.15) is 0 Å². The summed E-state index contributed by atoms with van der Waals surface area (Å²) in [4.78, 5) is 27.1. The highest BCUT2D eigenvalue weighted by Gasteiger charge is 2.26. The van der Waals surface area contributed by atoms with Crippen molar-refractivity contribution in [2.24, 2.45) is 0 Å². The van der Waals surface area contributed by atoms with Crippen molar-refractivity contribution < 1.29 is 22.4 Å². The zero-order valence-electron chi connectivity index (χ0n) is 20.5. The molecule has 2 aromatic carbocycles. The Morgan fingerprint density at radius 3 is 2.32 bits per heavy atom. The maximum absolute atomic E-state index is 13.3. The zero-order chi connectivity index (χ0) is 25.5. The Kier molecular flexibility index (Phi) is 9.61. The second kappa shape index (κ2) is 12.0. The van der Waals surface area contributed by atoms with Crippen LogP contribution in [0.3, 0.4) is 0 Å².